The summed E-state index contributed by atoms with van der Waals surface area (Å²) in [6.45, 7) is 7.45. The van der Waals surface area contributed by atoms with E-state index >= 15 is 0 Å². The summed E-state index contributed by atoms with van der Waals surface area (Å²) >= 11 is 6.19. The maximum atomic E-state index is 12.8. The first-order chi connectivity index (χ1) is 13.8. The van der Waals surface area contributed by atoms with E-state index in [1.165, 1.54) is 4.68 Å². The van der Waals surface area contributed by atoms with E-state index < -0.39 is 5.91 Å². The van der Waals surface area contributed by atoms with Gasteiger partial charge in [-0.25, -0.2) is 4.68 Å². The van der Waals surface area contributed by atoms with Gasteiger partial charge >= 0.3 is 0 Å². The Morgan fingerprint density at radius 1 is 1.17 bits per heavy atom. The fraction of sp³-hybridized carbons (Fsp3) is 0.227. The maximum Gasteiger partial charge on any atom is 0.289 e. The summed E-state index contributed by atoms with van der Waals surface area (Å²) in [5.41, 5.74) is 4.74. The fourth-order valence-corrected chi connectivity index (χ4v) is 3.55. The lowest BCUT2D eigenvalue weighted by Crippen LogP contribution is -2.15. The number of benzene rings is 1. The Hall–Kier alpha value is -3.30. The molecule has 0 aliphatic heterocycles. The monoisotopic (exact) mass is 408 g/mol. The minimum atomic E-state index is -0.455. The number of methoxy groups -OCH3 is 1. The summed E-state index contributed by atoms with van der Waals surface area (Å²) in [5, 5.41) is 14.4. The Balaban J connectivity index is 2.10. The van der Waals surface area contributed by atoms with Crippen LogP contribution in [-0.4, -0.2) is 27.4 Å². The van der Waals surface area contributed by atoms with Gasteiger partial charge in [-0.15, -0.1) is 0 Å². The van der Waals surface area contributed by atoms with Crippen LogP contribution in [0.4, 0.5) is 0 Å². The van der Waals surface area contributed by atoms with E-state index in [0.29, 0.717) is 16.5 Å². The van der Waals surface area contributed by atoms with Crippen LogP contribution in [0.3, 0.4) is 0 Å². The fourth-order valence-electron chi connectivity index (χ4n) is 3.39. The van der Waals surface area contributed by atoms with Gasteiger partial charge in [0.2, 0.25) is 0 Å². The zero-order chi connectivity index (χ0) is 21.3. The smallest absolute Gasteiger partial charge is 0.289 e. The van der Waals surface area contributed by atoms with Crippen LogP contribution in [0.2, 0.25) is 5.02 Å². The van der Waals surface area contributed by atoms with Crippen LogP contribution in [-0.2, 0) is 0 Å². The molecular weight excluding hydrogens is 388 g/mol. The lowest BCUT2D eigenvalue weighted by atomic mass is 10.1. The minimum Gasteiger partial charge on any atom is -0.495 e. The molecule has 0 spiro atoms. The Morgan fingerprint density at radius 2 is 1.90 bits per heavy atom. The second-order valence-electron chi connectivity index (χ2n) is 6.79. The van der Waals surface area contributed by atoms with E-state index in [2.05, 4.69) is 5.10 Å². The first-order valence-electron chi connectivity index (χ1n) is 8.99. The van der Waals surface area contributed by atoms with E-state index in [4.69, 9.17) is 16.3 Å². The Morgan fingerprint density at radius 3 is 2.48 bits per heavy atom. The van der Waals surface area contributed by atoms with Crippen molar-refractivity contribution in [3.05, 3.63) is 69.3 Å². The third kappa shape index (κ3) is 3.82. The van der Waals surface area contributed by atoms with Crippen molar-refractivity contribution in [2.45, 2.75) is 27.7 Å². The molecule has 6 nitrogen and oxygen atoms in total. The van der Waals surface area contributed by atoms with Crippen LogP contribution < -0.4 is 4.74 Å². The third-order valence-electron chi connectivity index (χ3n) is 4.70. The number of allylic oxidation sites excluding steroid dienone is 1. The molecule has 3 aromatic rings. The van der Waals surface area contributed by atoms with E-state index in [9.17, 15) is 10.1 Å². The van der Waals surface area contributed by atoms with Crippen molar-refractivity contribution >= 4 is 23.6 Å². The summed E-state index contributed by atoms with van der Waals surface area (Å²) in [7, 11) is 1.60. The van der Waals surface area contributed by atoms with Gasteiger partial charge in [0.05, 0.1) is 18.5 Å². The Kier molecular flexibility index (Phi) is 5.62. The van der Waals surface area contributed by atoms with Gasteiger partial charge in [0.15, 0.2) is 0 Å². The normalized spacial score (nSPS) is 11.4. The van der Waals surface area contributed by atoms with Gasteiger partial charge < -0.3 is 9.30 Å². The van der Waals surface area contributed by atoms with Crippen LogP contribution in [0.5, 0.6) is 5.75 Å². The molecule has 2 aromatic heterocycles. The van der Waals surface area contributed by atoms with Crippen molar-refractivity contribution in [3.8, 4) is 17.5 Å². The van der Waals surface area contributed by atoms with E-state index in [1.54, 1.807) is 45.2 Å². The van der Waals surface area contributed by atoms with Gasteiger partial charge in [-0.2, -0.15) is 10.4 Å². The Bertz CT molecular complexity index is 1180. The zero-order valence-corrected chi connectivity index (χ0v) is 17.7. The molecule has 0 bridgehead atoms. The number of nitrogens with zero attached hydrogens (tertiary/aromatic N) is 4. The highest BCUT2D eigenvalue weighted by Gasteiger charge is 2.18. The second-order valence-corrected chi connectivity index (χ2v) is 7.23. The predicted octanol–water partition coefficient (Wildman–Crippen LogP) is 4.82. The molecule has 29 heavy (non-hydrogen) atoms. The molecule has 0 N–H and O–H groups in total. The van der Waals surface area contributed by atoms with Crippen molar-refractivity contribution < 1.29 is 9.53 Å². The molecule has 0 amide bonds. The molecule has 148 valence electrons. The molecule has 0 radical (unpaired) electrons. The summed E-state index contributed by atoms with van der Waals surface area (Å²) in [6.07, 6.45) is 1.59. The summed E-state index contributed by atoms with van der Waals surface area (Å²) in [6, 6.07) is 11.1. The minimum absolute atomic E-state index is 0.00880. The highest BCUT2D eigenvalue weighted by atomic mass is 35.5. The molecule has 0 atom stereocenters. The van der Waals surface area contributed by atoms with Crippen molar-refractivity contribution in [1.82, 2.24) is 14.3 Å². The average molecular weight is 409 g/mol. The van der Waals surface area contributed by atoms with Gasteiger partial charge in [0.25, 0.3) is 5.91 Å². The first-order valence-corrected chi connectivity index (χ1v) is 9.37. The molecule has 3 rings (SSSR count). The van der Waals surface area contributed by atoms with Crippen LogP contribution in [0.25, 0.3) is 11.8 Å². The molecule has 0 aliphatic carbocycles. The highest BCUT2D eigenvalue weighted by Crippen LogP contribution is 2.31. The maximum absolute atomic E-state index is 12.8. The highest BCUT2D eigenvalue weighted by molar-refractivity contribution is 6.30. The van der Waals surface area contributed by atoms with Crippen molar-refractivity contribution in [1.29, 1.82) is 5.26 Å². The number of nitriles is 1. The summed E-state index contributed by atoms with van der Waals surface area (Å²) < 4.78 is 8.71. The number of aryl methyl sites for hydroxylation is 3. The van der Waals surface area contributed by atoms with Gasteiger partial charge in [-0.3, -0.25) is 4.79 Å². The standard InChI is InChI=1S/C22H21ClN4O2/c1-13-8-15(3)27(25-13)22(28)18(12-24)10-17-9-14(2)26(16(17)4)20-11-19(23)6-7-21(20)29-5/h6-11H,1-5H3/b18-10+. The summed E-state index contributed by atoms with van der Waals surface area (Å²) in [5.74, 6) is 0.217. The topological polar surface area (TPSA) is 72.8 Å². The number of rotatable bonds is 4. The largest absolute Gasteiger partial charge is 0.495 e. The number of aromatic nitrogens is 3. The number of halogens is 1. The molecule has 0 fully saturated rings. The first kappa shape index (κ1) is 20.4. The Labute approximate surface area is 174 Å². The molecule has 2 heterocycles. The van der Waals surface area contributed by atoms with E-state index in [-0.39, 0.29) is 5.57 Å². The summed E-state index contributed by atoms with van der Waals surface area (Å²) in [4.78, 5) is 12.8. The molecular formula is C22H21ClN4O2. The van der Waals surface area contributed by atoms with Crippen molar-refractivity contribution in [2.75, 3.05) is 7.11 Å². The van der Waals surface area contributed by atoms with Gasteiger partial charge in [-0.1, -0.05) is 11.6 Å². The van der Waals surface area contributed by atoms with Crippen molar-refractivity contribution in [3.63, 3.8) is 0 Å². The number of carbonyl (C=O) groups is 1. The SMILES string of the molecule is COc1ccc(Cl)cc1-n1c(C)cc(/C=C(\C#N)C(=O)n2nc(C)cc2C)c1C. The molecule has 1 aromatic carbocycles. The molecule has 7 heteroatoms. The van der Waals surface area contributed by atoms with Gasteiger partial charge in [-0.05, 0) is 69.7 Å². The van der Waals surface area contributed by atoms with E-state index in [1.807, 2.05) is 36.6 Å². The quantitative estimate of drug-likeness (QED) is 0.458. The van der Waals surface area contributed by atoms with Crippen LogP contribution >= 0.6 is 11.6 Å². The number of carbonyl (C=O) groups excluding carboxylic acids is 1. The molecule has 0 saturated heterocycles. The zero-order valence-electron chi connectivity index (χ0n) is 16.9. The predicted molar refractivity (Wildman–Crippen MR) is 113 cm³/mol. The van der Waals surface area contributed by atoms with Crippen LogP contribution in [0.1, 0.15) is 33.1 Å². The van der Waals surface area contributed by atoms with Gasteiger partial charge in [0, 0.05) is 22.1 Å². The van der Waals surface area contributed by atoms with Crippen LogP contribution in [0, 0.1) is 39.0 Å². The molecule has 0 unspecified atom stereocenters. The lowest BCUT2D eigenvalue weighted by molar-refractivity contribution is 0.0943. The second kappa shape index (κ2) is 7.98. The van der Waals surface area contributed by atoms with E-state index in [0.717, 1.165) is 28.3 Å². The third-order valence-corrected chi connectivity index (χ3v) is 4.94. The number of hydrogen-bond acceptors (Lipinski definition) is 4. The van der Waals surface area contributed by atoms with Crippen molar-refractivity contribution in [2.24, 2.45) is 0 Å². The lowest BCUT2D eigenvalue weighted by Gasteiger charge is -2.14. The number of hydrogen-bond donors (Lipinski definition) is 0. The average Bonchev–Trinajstić information content (AvgIpc) is 3.16. The molecule has 0 saturated carbocycles. The van der Waals surface area contributed by atoms with Gasteiger partial charge in [0.1, 0.15) is 17.4 Å². The van der Waals surface area contributed by atoms with Crippen LogP contribution in [0.15, 0.2) is 35.9 Å². The number of ether oxygens (including phenoxy) is 1. The molecule has 0 aliphatic rings.